The molecule has 0 saturated carbocycles. The molecular formula is C19H12N2O3S2. The van der Waals surface area contributed by atoms with E-state index in [2.05, 4.69) is 4.99 Å². The van der Waals surface area contributed by atoms with Gasteiger partial charge in [0.1, 0.15) is 0 Å². The third-order valence-electron chi connectivity index (χ3n) is 4.03. The van der Waals surface area contributed by atoms with Crippen molar-refractivity contribution in [1.29, 1.82) is 0 Å². The van der Waals surface area contributed by atoms with Crippen LogP contribution in [0.4, 0.5) is 5.69 Å². The van der Waals surface area contributed by atoms with Gasteiger partial charge in [-0.15, -0.1) is 11.3 Å². The molecule has 0 saturated heterocycles. The molecule has 26 heavy (non-hydrogen) atoms. The Balaban J connectivity index is 1.77. The van der Waals surface area contributed by atoms with Crippen molar-refractivity contribution in [3.63, 3.8) is 0 Å². The number of carboxylic acids is 1. The summed E-state index contributed by atoms with van der Waals surface area (Å²) in [5.41, 5.74) is 3.59. The van der Waals surface area contributed by atoms with Gasteiger partial charge in [-0.05, 0) is 48.6 Å². The molecule has 1 aliphatic heterocycles. The second-order valence-electron chi connectivity index (χ2n) is 5.62. The molecule has 0 unspecified atom stereocenters. The number of aromatic nitrogens is 1. The van der Waals surface area contributed by atoms with E-state index in [1.807, 2.05) is 30.3 Å². The maximum Gasteiger partial charge on any atom is 0.335 e. The molecule has 3 aromatic rings. The number of allylic oxidation sites excluding steroid dienone is 1. The van der Waals surface area contributed by atoms with Crippen LogP contribution < -0.4 is 0 Å². The lowest BCUT2D eigenvalue weighted by Crippen LogP contribution is -1.98. The molecule has 7 heteroatoms. The van der Waals surface area contributed by atoms with Gasteiger partial charge in [-0.2, -0.15) is 0 Å². The summed E-state index contributed by atoms with van der Waals surface area (Å²) in [5.74, 6) is -0.979. The first-order valence-electron chi connectivity index (χ1n) is 7.68. The fourth-order valence-electron chi connectivity index (χ4n) is 2.75. The molecular weight excluding hydrogens is 368 g/mol. The van der Waals surface area contributed by atoms with Crippen LogP contribution in [0.15, 0.2) is 53.5 Å². The predicted molar refractivity (Wildman–Crippen MR) is 106 cm³/mol. The highest BCUT2D eigenvalue weighted by Gasteiger charge is 2.16. The Hall–Kier alpha value is -3.03. The van der Waals surface area contributed by atoms with E-state index in [1.165, 1.54) is 28.0 Å². The number of hydrogen-bond acceptors (Lipinski definition) is 5. The Morgan fingerprint density at radius 1 is 1.15 bits per heavy atom. The van der Waals surface area contributed by atoms with Crippen molar-refractivity contribution in [2.24, 2.45) is 4.99 Å². The van der Waals surface area contributed by atoms with E-state index < -0.39 is 5.97 Å². The number of fused-ring (bicyclic) bond motifs is 1. The van der Waals surface area contributed by atoms with Crippen molar-refractivity contribution in [3.8, 4) is 11.6 Å². The van der Waals surface area contributed by atoms with Gasteiger partial charge in [-0.1, -0.05) is 18.2 Å². The van der Waals surface area contributed by atoms with Gasteiger partial charge in [0.05, 0.1) is 21.8 Å². The van der Waals surface area contributed by atoms with Crippen molar-refractivity contribution in [2.75, 3.05) is 0 Å². The number of para-hydroxylation sites is 1. The zero-order valence-corrected chi connectivity index (χ0v) is 14.9. The highest BCUT2D eigenvalue weighted by atomic mass is 32.1. The molecule has 0 fully saturated rings. The van der Waals surface area contributed by atoms with Crippen LogP contribution in [0.1, 0.15) is 20.8 Å². The number of hydrogen-bond donors (Lipinski definition) is 2. The number of thiazole rings is 1. The molecule has 2 heterocycles. The number of rotatable bonds is 3. The molecule has 0 spiro atoms. The number of carboxylic acid groups (broad SMARTS) is 1. The summed E-state index contributed by atoms with van der Waals surface area (Å²) < 4.78 is 2.00. The van der Waals surface area contributed by atoms with E-state index in [4.69, 9.17) is 17.3 Å². The Morgan fingerprint density at radius 3 is 2.62 bits per heavy atom. The first-order chi connectivity index (χ1) is 12.5. The quantitative estimate of drug-likeness (QED) is 0.632. The Kier molecular flexibility index (Phi) is 4.02. The zero-order chi connectivity index (χ0) is 18.3. The van der Waals surface area contributed by atoms with Gasteiger partial charge in [-0.25, -0.2) is 4.79 Å². The van der Waals surface area contributed by atoms with Gasteiger partial charge in [0.2, 0.25) is 5.88 Å². The van der Waals surface area contributed by atoms with Crippen LogP contribution in [0.5, 0.6) is 5.88 Å². The number of aromatic hydroxyl groups is 1. The van der Waals surface area contributed by atoms with Crippen molar-refractivity contribution >= 4 is 53.1 Å². The van der Waals surface area contributed by atoms with Gasteiger partial charge >= 0.3 is 5.97 Å². The summed E-state index contributed by atoms with van der Waals surface area (Å²) in [7, 11) is 0. The van der Waals surface area contributed by atoms with E-state index in [9.17, 15) is 9.90 Å². The lowest BCUT2D eigenvalue weighted by atomic mass is 10.1. The SMILES string of the molecule is O=C(O)c1ccc(-n2c(O)c(/C=C3\C=Nc4ccccc43)sc2=S)cc1. The molecule has 4 rings (SSSR count). The molecule has 128 valence electrons. The fourth-order valence-corrected chi connectivity index (χ4v) is 4.05. The van der Waals surface area contributed by atoms with Crippen LogP contribution in [0, 0.1) is 3.95 Å². The Labute approximate surface area is 157 Å². The van der Waals surface area contributed by atoms with Crippen LogP contribution in [0.2, 0.25) is 0 Å². The lowest BCUT2D eigenvalue weighted by Gasteiger charge is -2.05. The molecule has 0 bridgehead atoms. The maximum atomic E-state index is 11.0. The van der Waals surface area contributed by atoms with Crippen LogP contribution >= 0.6 is 23.6 Å². The monoisotopic (exact) mass is 380 g/mol. The van der Waals surface area contributed by atoms with Gasteiger partial charge in [0, 0.05) is 17.4 Å². The molecule has 0 atom stereocenters. The lowest BCUT2D eigenvalue weighted by molar-refractivity contribution is 0.0697. The Morgan fingerprint density at radius 2 is 1.88 bits per heavy atom. The second-order valence-corrected chi connectivity index (χ2v) is 7.29. The summed E-state index contributed by atoms with van der Waals surface area (Å²) in [6.07, 6.45) is 3.62. The van der Waals surface area contributed by atoms with Crippen LogP contribution in [0.3, 0.4) is 0 Å². The molecule has 2 N–H and O–H groups in total. The highest BCUT2D eigenvalue weighted by molar-refractivity contribution is 7.73. The van der Waals surface area contributed by atoms with Crippen LogP contribution in [-0.4, -0.2) is 27.0 Å². The molecule has 2 aromatic carbocycles. The average molecular weight is 380 g/mol. The topological polar surface area (TPSA) is 74.8 Å². The van der Waals surface area contributed by atoms with Crippen molar-refractivity contribution in [3.05, 3.63) is 68.5 Å². The summed E-state index contributed by atoms with van der Waals surface area (Å²) >= 11 is 6.67. The minimum Gasteiger partial charge on any atom is -0.493 e. The van der Waals surface area contributed by atoms with E-state index in [0.29, 0.717) is 14.5 Å². The largest absolute Gasteiger partial charge is 0.493 e. The van der Waals surface area contributed by atoms with Crippen molar-refractivity contribution in [1.82, 2.24) is 4.57 Å². The van der Waals surface area contributed by atoms with E-state index >= 15 is 0 Å². The molecule has 1 aromatic heterocycles. The molecule has 0 amide bonds. The van der Waals surface area contributed by atoms with Crippen LogP contribution in [0.25, 0.3) is 17.3 Å². The molecule has 0 aliphatic carbocycles. The second kappa shape index (κ2) is 6.36. The van der Waals surface area contributed by atoms with Gasteiger partial charge in [0.25, 0.3) is 0 Å². The van der Waals surface area contributed by atoms with Crippen LogP contribution in [-0.2, 0) is 0 Å². The third kappa shape index (κ3) is 2.77. The van der Waals surface area contributed by atoms with E-state index in [-0.39, 0.29) is 11.4 Å². The normalized spacial score (nSPS) is 13.9. The van der Waals surface area contributed by atoms with Crippen molar-refractivity contribution < 1.29 is 15.0 Å². The molecule has 1 aliphatic rings. The number of aromatic carboxylic acids is 1. The minimum atomic E-state index is -1.00. The number of benzene rings is 2. The minimum absolute atomic E-state index is 0.0216. The zero-order valence-electron chi connectivity index (χ0n) is 13.3. The summed E-state index contributed by atoms with van der Waals surface area (Å²) in [5, 5.41) is 19.7. The van der Waals surface area contributed by atoms with Gasteiger partial charge < -0.3 is 10.2 Å². The predicted octanol–water partition coefficient (Wildman–Crippen LogP) is 4.93. The fraction of sp³-hybridized carbons (Fsp3) is 0. The first-order valence-corrected chi connectivity index (χ1v) is 8.91. The molecule has 0 radical (unpaired) electrons. The number of aliphatic imine (C=N–C) groups is 1. The Bertz CT molecular complexity index is 1140. The van der Waals surface area contributed by atoms with E-state index in [1.54, 1.807) is 18.3 Å². The third-order valence-corrected chi connectivity index (χ3v) is 5.34. The van der Waals surface area contributed by atoms with Crippen molar-refractivity contribution in [2.45, 2.75) is 0 Å². The standard InChI is InChI=1S/C19H12N2O3S2/c22-17-16(9-12-10-20-15-4-2-1-3-14(12)15)26-19(25)21(17)13-7-5-11(6-8-13)18(23)24/h1-10,22H,(H,23,24)/b12-9+. The maximum absolute atomic E-state index is 11.0. The highest BCUT2D eigenvalue weighted by Crippen LogP contribution is 2.36. The van der Waals surface area contributed by atoms with E-state index in [0.717, 1.165) is 16.8 Å². The molecule has 5 nitrogen and oxygen atoms in total. The first kappa shape index (κ1) is 16.4. The summed E-state index contributed by atoms with van der Waals surface area (Å²) in [6, 6.07) is 14.0. The van der Waals surface area contributed by atoms with Gasteiger partial charge in [0.15, 0.2) is 3.95 Å². The smallest absolute Gasteiger partial charge is 0.335 e. The summed E-state index contributed by atoms with van der Waals surface area (Å²) in [4.78, 5) is 16.0. The van der Waals surface area contributed by atoms with Gasteiger partial charge in [-0.3, -0.25) is 9.56 Å². The average Bonchev–Trinajstić information content (AvgIpc) is 3.16. The number of nitrogens with zero attached hydrogens (tertiary/aromatic N) is 2. The number of carbonyl (C=O) groups is 1. The summed E-state index contributed by atoms with van der Waals surface area (Å²) in [6.45, 7) is 0.